The Labute approximate surface area is 109 Å². The van der Waals surface area contributed by atoms with Crippen LogP contribution in [0.25, 0.3) is 0 Å². The Morgan fingerprint density at radius 3 is 2.33 bits per heavy atom. The van der Waals surface area contributed by atoms with E-state index < -0.39 is 0 Å². The summed E-state index contributed by atoms with van der Waals surface area (Å²) in [5, 5.41) is 10.2. The minimum Gasteiger partial charge on any atom is -0.507 e. The molecule has 0 aromatic heterocycles. The molecule has 1 aliphatic rings. The molecular formula is C15H22O3. The number of phenolic OH excluding ortho intramolecular Hbond substituents is 1. The Balaban J connectivity index is 2.68. The Kier molecular flexibility index (Phi) is 3.06. The van der Waals surface area contributed by atoms with Crippen LogP contribution in [0.2, 0.25) is 0 Å². The van der Waals surface area contributed by atoms with E-state index >= 15 is 0 Å². The second kappa shape index (κ2) is 4.16. The van der Waals surface area contributed by atoms with Gasteiger partial charge in [0.2, 0.25) is 0 Å². The lowest BCUT2D eigenvalue weighted by Crippen LogP contribution is -2.33. The monoisotopic (exact) mass is 250 g/mol. The molecule has 1 heterocycles. The molecule has 3 heteroatoms. The van der Waals surface area contributed by atoms with Gasteiger partial charge in [-0.05, 0) is 51.3 Å². The van der Waals surface area contributed by atoms with Gasteiger partial charge in [-0.25, -0.2) is 0 Å². The number of rotatable bonds is 2. The summed E-state index contributed by atoms with van der Waals surface area (Å²) >= 11 is 0. The Morgan fingerprint density at radius 2 is 1.78 bits per heavy atom. The molecule has 1 N–H and O–H groups in total. The van der Waals surface area contributed by atoms with Crippen LogP contribution in [-0.2, 0) is 4.74 Å². The van der Waals surface area contributed by atoms with E-state index in [-0.39, 0.29) is 11.5 Å². The van der Waals surface area contributed by atoms with Crippen LogP contribution >= 0.6 is 0 Å². The summed E-state index contributed by atoms with van der Waals surface area (Å²) in [4.78, 5) is 0. The van der Waals surface area contributed by atoms with Gasteiger partial charge in [0.1, 0.15) is 17.1 Å². The van der Waals surface area contributed by atoms with Crippen molar-refractivity contribution < 1.29 is 14.6 Å². The van der Waals surface area contributed by atoms with Crippen LogP contribution < -0.4 is 4.74 Å². The number of methoxy groups -OCH3 is 1. The third-order valence-electron chi connectivity index (χ3n) is 4.15. The smallest absolute Gasteiger partial charge is 0.127 e. The lowest BCUT2D eigenvalue weighted by molar-refractivity contribution is 0.0648. The highest BCUT2D eigenvalue weighted by Gasteiger charge is 2.43. The van der Waals surface area contributed by atoms with Gasteiger partial charge in [0.05, 0.1) is 12.5 Å². The van der Waals surface area contributed by atoms with Gasteiger partial charge in [0.25, 0.3) is 0 Å². The molecule has 1 aromatic rings. The van der Waals surface area contributed by atoms with E-state index in [1.807, 2.05) is 20.8 Å². The first-order valence-corrected chi connectivity index (χ1v) is 6.31. The molecule has 1 aromatic carbocycles. The van der Waals surface area contributed by atoms with Crippen LogP contribution in [0.3, 0.4) is 0 Å². The standard InChI is InChI=1S/C15H22O3/c1-8-9(2)14-12(10(3)13(8)16)11(7-17-6)15(4,5)18-14/h11,16H,7H2,1-6H3. The fourth-order valence-electron chi connectivity index (χ4n) is 2.81. The van der Waals surface area contributed by atoms with Crippen molar-refractivity contribution in [3.8, 4) is 11.5 Å². The maximum atomic E-state index is 10.2. The van der Waals surface area contributed by atoms with Gasteiger partial charge < -0.3 is 14.6 Å². The van der Waals surface area contributed by atoms with Gasteiger partial charge in [-0.2, -0.15) is 0 Å². The zero-order chi connectivity index (χ0) is 13.7. The van der Waals surface area contributed by atoms with Crippen molar-refractivity contribution in [3.63, 3.8) is 0 Å². The van der Waals surface area contributed by atoms with Gasteiger partial charge in [-0.15, -0.1) is 0 Å². The van der Waals surface area contributed by atoms with Gasteiger partial charge >= 0.3 is 0 Å². The molecule has 2 rings (SSSR count). The zero-order valence-electron chi connectivity index (χ0n) is 12.0. The zero-order valence-corrected chi connectivity index (χ0v) is 12.0. The number of hydrogen-bond donors (Lipinski definition) is 1. The first-order valence-electron chi connectivity index (χ1n) is 6.31. The average molecular weight is 250 g/mol. The second-order valence-electron chi connectivity index (χ2n) is 5.68. The Morgan fingerprint density at radius 1 is 1.17 bits per heavy atom. The minimum atomic E-state index is -0.298. The highest BCUT2D eigenvalue weighted by molar-refractivity contribution is 5.61. The molecule has 0 aliphatic carbocycles. The van der Waals surface area contributed by atoms with Crippen molar-refractivity contribution in [3.05, 3.63) is 22.3 Å². The molecule has 0 radical (unpaired) electrons. The fourth-order valence-corrected chi connectivity index (χ4v) is 2.81. The summed E-state index contributed by atoms with van der Waals surface area (Å²) in [7, 11) is 1.70. The molecule has 0 saturated heterocycles. The summed E-state index contributed by atoms with van der Waals surface area (Å²) in [5.41, 5.74) is 3.65. The van der Waals surface area contributed by atoms with E-state index in [9.17, 15) is 5.11 Å². The molecule has 18 heavy (non-hydrogen) atoms. The van der Waals surface area contributed by atoms with E-state index in [1.165, 1.54) is 0 Å². The maximum absolute atomic E-state index is 10.2. The second-order valence-corrected chi connectivity index (χ2v) is 5.68. The van der Waals surface area contributed by atoms with Gasteiger partial charge in [-0.3, -0.25) is 0 Å². The number of ether oxygens (including phenoxy) is 2. The number of fused-ring (bicyclic) bond motifs is 1. The molecule has 0 fully saturated rings. The Bertz CT molecular complexity index is 489. The van der Waals surface area contributed by atoms with E-state index in [0.717, 1.165) is 28.0 Å². The summed E-state index contributed by atoms with van der Waals surface area (Å²) in [5.74, 6) is 1.46. The molecule has 1 atom stereocenters. The summed E-state index contributed by atoms with van der Waals surface area (Å²) < 4.78 is 11.4. The molecule has 0 saturated carbocycles. The lowest BCUT2D eigenvalue weighted by atomic mass is 9.83. The topological polar surface area (TPSA) is 38.7 Å². The fraction of sp³-hybridized carbons (Fsp3) is 0.600. The van der Waals surface area contributed by atoms with Crippen molar-refractivity contribution in [1.29, 1.82) is 0 Å². The average Bonchev–Trinajstić information content (AvgIpc) is 2.57. The summed E-state index contributed by atoms with van der Waals surface area (Å²) in [6.07, 6.45) is 0. The number of phenols is 1. The SMILES string of the molecule is COCC1c2c(C)c(O)c(C)c(C)c2OC1(C)C. The van der Waals surface area contributed by atoms with E-state index in [2.05, 4.69) is 13.8 Å². The van der Waals surface area contributed by atoms with Crippen molar-refractivity contribution in [1.82, 2.24) is 0 Å². The molecular weight excluding hydrogens is 228 g/mol. The van der Waals surface area contributed by atoms with Crippen molar-refractivity contribution in [2.45, 2.75) is 46.1 Å². The van der Waals surface area contributed by atoms with Crippen molar-refractivity contribution in [2.75, 3.05) is 13.7 Å². The summed E-state index contributed by atoms with van der Waals surface area (Å²) in [6.45, 7) is 10.6. The molecule has 1 unspecified atom stereocenters. The van der Waals surface area contributed by atoms with E-state index in [0.29, 0.717) is 12.4 Å². The maximum Gasteiger partial charge on any atom is 0.127 e. The van der Waals surface area contributed by atoms with Crippen LogP contribution in [0, 0.1) is 20.8 Å². The molecule has 0 bridgehead atoms. The first-order chi connectivity index (χ1) is 8.31. The Hall–Kier alpha value is -1.22. The summed E-state index contributed by atoms with van der Waals surface area (Å²) in [6, 6.07) is 0. The minimum absolute atomic E-state index is 0.155. The normalized spacial score (nSPS) is 20.7. The van der Waals surface area contributed by atoms with E-state index in [1.54, 1.807) is 7.11 Å². The van der Waals surface area contributed by atoms with Crippen molar-refractivity contribution in [2.24, 2.45) is 0 Å². The predicted octanol–water partition coefficient (Wildman–Crippen LogP) is 3.22. The molecule has 0 spiro atoms. The lowest BCUT2D eigenvalue weighted by Gasteiger charge is -2.26. The highest BCUT2D eigenvalue weighted by Crippen LogP contribution is 2.51. The van der Waals surface area contributed by atoms with Crippen LogP contribution in [-0.4, -0.2) is 24.4 Å². The molecule has 100 valence electrons. The predicted molar refractivity (Wildman–Crippen MR) is 71.6 cm³/mol. The molecule has 1 aliphatic heterocycles. The third kappa shape index (κ3) is 1.69. The molecule has 3 nitrogen and oxygen atoms in total. The number of benzene rings is 1. The van der Waals surface area contributed by atoms with Crippen LogP contribution in [0.4, 0.5) is 0 Å². The van der Waals surface area contributed by atoms with Gasteiger partial charge in [-0.1, -0.05) is 0 Å². The van der Waals surface area contributed by atoms with Crippen LogP contribution in [0.1, 0.15) is 42.0 Å². The van der Waals surface area contributed by atoms with Gasteiger partial charge in [0.15, 0.2) is 0 Å². The highest BCUT2D eigenvalue weighted by atomic mass is 16.5. The quantitative estimate of drug-likeness (QED) is 0.876. The molecule has 0 amide bonds. The largest absolute Gasteiger partial charge is 0.507 e. The van der Waals surface area contributed by atoms with E-state index in [4.69, 9.17) is 9.47 Å². The van der Waals surface area contributed by atoms with Crippen molar-refractivity contribution >= 4 is 0 Å². The van der Waals surface area contributed by atoms with Gasteiger partial charge in [0, 0.05) is 12.7 Å². The number of hydrogen-bond acceptors (Lipinski definition) is 3. The van der Waals surface area contributed by atoms with Crippen LogP contribution in [0.5, 0.6) is 11.5 Å². The first kappa shape index (κ1) is 13.2. The van der Waals surface area contributed by atoms with Crippen LogP contribution in [0.15, 0.2) is 0 Å². The third-order valence-corrected chi connectivity index (χ3v) is 4.15. The number of aromatic hydroxyl groups is 1.